The van der Waals surface area contributed by atoms with Gasteiger partial charge in [0.25, 0.3) is 0 Å². The van der Waals surface area contributed by atoms with E-state index in [1.165, 1.54) is 24.8 Å². The molecule has 3 unspecified atom stereocenters. The summed E-state index contributed by atoms with van der Waals surface area (Å²) in [6, 6.07) is 6.18. The number of hydrogen-bond acceptors (Lipinski definition) is 3. The fourth-order valence-corrected chi connectivity index (χ4v) is 3.08. The molecule has 0 aromatic heterocycles. The van der Waals surface area contributed by atoms with Crippen molar-refractivity contribution in [3.8, 4) is 11.5 Å². The summed E-state index contributed by atoms with van der Waals surface area (Å²) >= 11 is 0. The number of ether oxygens (including phenoxy) is 2. The molecule has 112 valence electrons. The van der Waals surface area contributed by atoms with Crippen molar-refractivity contribution in [3.05, 3.63) is 23.8 Å². The van der Waals surface area contributed by atoms with Crippen molar-refractivity contribution in [2.45, 2.75) is 58.1 Å². The second-order valence-electron chi connectivity index (χ2n) is 5.94. The molecular weight excluding hydrogens is 250 g/mol. The van der Waals surface area contributed by atoms with Gasteiger partial charge in [-0.1, -0.05) is 25.8 Å². The van der Waals surface area contributed by atoms with Gasteiger partial charge in [0.15, 0.2) is 11.5 Å². The van der Waals surface area contributed by atoms with Crippen molar-refractivity contribution >= 4 is 0 Å². The predicted octanol–water partition coefficient (Wildman–Crippen LogP) is 3.68. The van der Waals surface area contributed by atoms with Crippen LogP contribution < -0.4 is 15.2 Å². The largest absolute Gasteiger partial charge is 0.493 e. The molecule has 1 saturated carbocycles. The van der Waals surface area contributed by atoms with Crippen LogP contribution >= 0.6 is 0 Å². The van der Waals surface area contributed by atoms with Gasteiger partial charge in [0, 0.05) is 6.04 Å². The third-order valence-electron chi connectivity index (χ3n) is 4.25. The lowest BCUT2D eigenvalue weighted by atomic mass is 9.82. The van der Waals surface area contributed by atoms with Crippen molar-refractivity contribution < 1.29 is 9.47 Å². The van der Waals surface area contributed by atoms with Crippen molar-refractivity contribution in [2.24, 2.45) is 11.7 Å². The summed E-state index contributed by atoms with van der Waals surface area (Å²) in [7, 11) is 1.68. The Morgan fingerprint density at radius 2 is 2.05 bits per heavy atom. The number of aryl methyl sites for hydroxylation is 1. The van der Waals surface area contributed by atoms with Gasteiger partial charge in [-0.3, -0.25) is 0 Å². The van der Waals surface area contributed by atoms with E-state index in [9.17, 15) is 0 Å². The Morgan fingerprint density at radius 3 is 2.75 bits per heavy atom. The summed E-state index contributed by atoms with van der Waals surface area (Å²) in [6.07, 6.45) is 5.98. The van der Waals surface area contributed by atoms with Gasteiger partial charge < -0.3 is 15.2 Å². The molecule has 3 heteroatoms. The van der Waals surface area contributed by atoms with Crippen molar-refractivity contribution in [3.63, 3.8) is 0 Å². The van der Waals surface area contributed by atoms with E-state index in [-0.39, 0.29) is 12.1 Å². The minimum atomic E-state index is 0.108. The fraction of sp³-hybridized carbons (Fsp3) is 0.647. The molecule has 1 fully saturated rings. The van der Waals surface area contributed by atoms with E-state index in [1.54, 1.807) is 7.11 Å². The summed E-state index contributed by atoms with van der Waals surface area (Å²) in [6.45, 7) is 4.29. The maximum Gasteiger partial charge on any atom is 0.161 e. The van der Waals surface area contributed by atoms with E-state index in [0.717, 1.165) is 30.3 Å². The Bertz CT molecular complexity index is 433. The first-order valence-electron chi connectivity index (χ1n) is 7.71. The van der Waals surface area contributed by atoms with Crippen molar-refractivity contribution in [1.29, 1.82) is 0 Å². The van der Waals surface area contributed by atoms with Crippen LogP contribution in [0.15, 0.2) is 18.2 Å². The number of methoxy groups -OCH3 is 1. The highest BCUT2D eigenvalue weighted by atomic mass is 16.5. The molecule has 0 heterocycles. The van der Waals surface area contributed by atoms with E-state index in [4.69, 9.17) is 15.2 Å². The molecule has 1 aromatic rings. The van der Waals surface area contributed by atoms with Gasteiger partial charge in [-0.25, -0.2) is 0 Å². The first kappa shape index (κ1) is 15.2. The number of hydrogen-bond donors (Lipinski definition) is 1. The molecule has 0 saturated heterocycles. The lowest BCUT2D eigenvalue weighted by molar-refractivity contribution is 0.0962. The van der Waals surface area contributed by atoms with Gasteiger partial charge in [-0.2, -0.15) is 0 Å². The Balaban J connectivity index is 2.07. The molecule has 0 bridgehead atoms. The van der Waals surface area contributed by atoms with Crippen LogP contribution in [0.2, 0.25) is 0 Å². The fourth-order valence-electron chi connectivity index (χ4n) is 3.08. The molecule has 3 nitrogen and oxygen atoms in total. The summed E-state index contributed by atoms with van der Waals surface area (Å²) in [4.78, 5) is 0. The normalized spacial score (nSPS) is 26.3. The Hall–Kier alpha value is -1.22. The van der Waals surface area contributed by atoms with Gasteiger partial charge in [0.1, 0.15) is 6.10 Å². The van der Waals surface area contributed by atoms with Crippen LogP contribution in [0.1, 0.15) is 44.6 Å². The molecule has 0 radical (unpaired) electrons. The topological polar surface area (TPSA) is 44.5 Å². The lowest BCUT2D eigenvalue weighted by Gasteiger charge is -2.34. The highest BCUT2D eigenvalue weighted by molar-refractivity contribution is 5.42. The smallest absolute Gasteiger partial charge is 0.161 e. The zero-order valence-corrected chi connectivity index (χ0v) is 12.9. The van der Waals surface area contributed by atoms with E-state index in [1.807, 2.05) is 12.1 Å². The van der Waals surface area contributed by atoms with Gasteiger partial charge in [0.2, 0.25) is 0 Å². The first-order valence-corrected chi connectivity index (χ1v) is 7.71. The number of nitrogens with two attached hydrogens (primary N) is 1. The minimum absolute atomic E-state index is 0.108. The first-order chi connectivity index (χ1) is 9.63. The molecule has 1 aliphatic rings. The van der Waals surface area contributed by atoms with E-state index >= 15 is 0 Å². The van der Waals surface area contributed by atoms with Crippen LogP contribution in [-0.4, -0.2) is 19.3 Å². The van der Waals surface area contributed by atoms with E-state index in [0.29, 0.717) is 0 Å². The molecule has 1 aliphatic carbocycles. The minimum Gasteiger partial charge on any atom is -0.493 e. The van der Waals surface area contributed by atoms with Gasteiger partial charge >= 0.3 is 0 Å². The lowest BCUT2D eigenvalue weighted by Crippen LogP contribution is -2.43. The maximum atomic E-state index is 6.24. The molecule has 2 rings (SSSR count). The second kappa shape index (κ2) is 6.98. The Morgan fingerprint density at radius 1 is 1.25 bits per heavy atom. The third kappa shape index (κ3) is 3.66. The molecule has 2 N–H and O–H groups in total. The highest BCUT2D eigenvalue weighted by Gasteiger charge is 2.29. The van der Waals surface area contributed by atoms with Crippen LogP contribution in [-0.2, 0) is 0 Å². The molecule has 20 heavy (non-hydrogen) atoms. The van der Waals surface area contributed by atoms with Crippen LogP contribution in [0.25, 0.3) is 0 Å². The van der Waals surface area contributed by atoms with Crippen molar-refractivity contribution in [1.82, 2.24) is 0 Å². The van der Waals surface area contributed by atoms with Crippen LogP contribution in [0.3, 0.4) is 0 Å². The van der Waals surface area contributed by atoms with E-state index < -0.39 is 0 Å². The molecule has 0 spiro atoms. The molecule has 3 atom stereocenters. The molecule has 0 aliphatic heterocycles. The SMILES string of the molecule is CCCC1CCC(N)C(Oc2ccc(C)cc2OC)C1. The van der Waals surface area contributed by atoms with Gasteiger partial charge in [0.05, 0.1) is 7.11 Å². The zero-order chi connectivity index (χ0) is 14.5. The summed E-state index contributed by atoms with van der Waals surface area (Å²) in [5.74, 6) is 2.37. The molecular formula is C17H27NO2. The second-order valence-corrected chi connectivity index (χ2v) is 5.94. The van der Waals surface area contributed by atoms with Crippen LogP contribution in [0, 0.1) is 12.8 Å². The van der Waals surface area contributed by atoms with Gasteiger partial charge in [-0.05, 0) is 49.8 Å². The summed E-state index contributed by atoms with van der Waals surface area (Å²) in [5.41, 5.74) is 7.41. The number of rotatable bonds is 5. The van der Waals surface area contributed by atoms with Crippen molar-refractivity contribution in [2.75, 3.05) is 7.11 Å². The zero-order valence-electron chi connectivity index (χ0n) is 12.9. The third-order valence-corrected chi connectivity index (χ3v) is 4.25. The van der Waals surface area contributed by atoms with E-state index in [2.05, 4.69) is 19.9 Å². The average molecular weight is 277 g/mol. The average Bonchev–Trinajstić information content (AvgIpc) is 2.44. The highest BCUT2D eigenvalue weighted by Crippen LogP contribution is 2.34. The predicted molar refractivity (Wildman–Crippen MR) is 82.4 cm³/mol. The Kier molecular flexibility index (Phi) is 5.30. The monoisotopic (exact) mass is 277 g/mol. The summed E-state index contributed by atoms with van der Waals surface area (Å²) in [5, 5.41) is 0. The summed E-state index contributed by atoms with van der Waals surface area (Å²) < 4.78 is 11.6. The number of benzene rings is 1. The Labute approximate surface area is 122 Å². The standard InChI is InChI=1S/C17H27NO2/c1-4-5-13-7-8-14(18)16(11-13)20-15-9-6-12(2)10-17(15)19-3/h6,9-10,13-14,16H,4-5,7-8,11,18H2,1-3H3. The molecule has 0 amide bonds. The van der Waals surface area contributed by atoms with Gasteiger partial charge in [-0.15, -0.1) is 0 Å². The maximum absolute atomic E-state index is 6.24. The van der Waals surface area contributed by atoms with Crippen LogP contribution in [0.5, 0.6) is 11.5 Å². The quantitative estimate of drug-likeness (QED) is 0.893. The molecule has 1 aromatic carbocycles. The van der Waals surface area contributed by atoms with Crippen LogP contribution in [0.4, 0.5) is 0 Å².